The Morgan fingerprint density at radius 1 is 1.46 bits per heavy atom. The number of hydrogen-bond donors (Lipinski definition) is 2. The molecule has 0 aliphatic rings. The van der Waals surface area contributed by atoms with E-state index in [1.807, 2.05) is 6.07 Å². The minimum Gasteiger partial charge on any atom is -0.464 e. The molecule has 0 aliphatic heterocycles. The Balaban J connectivity index is 2.64. The van der Waals surface area contributed by atoms with Crippen LogP contribution >= 0.6 is 0 Å². The summed E-state index contributed by atoms with van der Waals surface area (Å²) in [6, 6.07) is 6.31. The molecule has 0 spiro atoms. The number of carbonyl (C=O) groups is 1. The summed E-state index contributed by atoms with van der Waals surface area (Å²) in [5, 5.41) is 12.2. The van der Waals surface area contributed by atoms with Gasteiger partial charge in [-0.25, -0.2) is 9.18 Å². The average Bonchev–Trinajstić information content (AvgIpc) is 2.90. The van der Waals surface area contributed by atoms with Crippen LogP contribution in [0, 0.1) is 17.1 Å². The first-order valence-corrected chi connectivity index (χ1v) is 7.06. The number of carbonyl (C=O) groups excluding carboxylic acids is 1. The zero-order valence-electron chi connectivity index (χ0n) is 13.3. The van der Waals surface area contributed by atoms with Gasteiger partial charge in [-0.3, -0.25) is 0 Å². The first-order valence-electron chi connectivity index (χ1n) is 7.06. The van der Waals surface area contributed by atoms with Crippen molar-refractivity contribution < 1.29 is 18.7 Å². The number of anilines is 2. The maximum absolute atomic E-state index is 14.5. The first-order chi connectivity index (χ1) is 11.5. The lowest BCUT2D eigenvalue weighted by atomic mass is 10.2. The Labute approximate surface area is 138 Å². The largest absolute Gasteiger partial charge is 0.464 e. The van der Waals surface area contributed by atoms with Gasteiger partial charge in [-0.2, -0.15) is 5.26 Å². The number of benzene rings is 1. The van der Waals surface area contributed by atoms with Crippen molar-refractivity contribution in [2.75, 3.05) is 38.4 Å². The highest BCUT2D eigenvalue weighted by Crippen LogP contribution is 2.30. The van der Waals surface area contributed by atoms with Crippen LogP contribution in [0.4, 0.5) is 15.8 Å². The third-order valence-electron chi connectivity index (χ3n) is 3.39. The first kappa shape index (κ1) is 17.3. The van der Waals surface area contributed by atoms with Crippen LogP contribution in [-0.4, -0.2) is 37.9 Å². The van der Waals surface area contributed by atoms with E-state index >= 15 is 0 Å². The van der Waals surface area contributed by atoms with Crippen molar-refractivity contribution >= 4 is 17.3 Å². The number of hydrogen-bond acceptors (Lipinski definition) is 6. The summed E-state index contributed by atoms with van der Waals surface area (Å²) < 4.78 is 25.4. The lowest BCUT2D eigenvalue weighted by molar-refractivity contribution is 0.0593. The molecule has 0 unspecified atom stereocenters. The maximum atomic E-state index is 14.5. The number of nitriles is 1. The van der Waals surface area contributed by atoms with Gasteiger partial charge in [0, 0.05) is 19.9 Å². The molecule has 3 N–H and O–H groups in total. The topological polar surface area (TPSA) is 102 Å². The number of ether oxygens (including phenoxy) is 2. The molecule has 0 saturated carbocycles. The maximum Gasteiger partial charge on any atom is 0.357 e. The number of para-hydroxylation sites is 1. The van der Waals surface area contributed by atoms with E-state index in [-0.39, 0.29) is 22.6 Å². The fourth-order valence-electron chi connectivity index (χ4n) is 2.28. The Morgan fingerprint density at radius 3 is 2.83 bits per heavy atom. The second kappa shape index (κ2) is 7.48. The van der Waals surface area contributed by atoms with E-state index < -0.39 is 11.8 Å². The van der Waals surface area contributed by atoms with E-state index in [9.17, 15) is 9.18 Å². The number of nitrogens with one attached hydrogen (secondary N) is 1. The minimum atomic E-state index is -0.764. The van der Waals surface area contributed by atoms with Gasteiger partial charge in [0.1, 0.15) is 17.6 Å². The van der Waals surface area contributed by atoms with Gasteiger partial charge in [0.15, 0.2) is 5.69 Å². The number of nitrogens with zero attached hydrogens (tertiary/aromatic N) is 2. The number of nitrogens with two attached hydrogens (primary N) is 1. The molecule has 24 heavy (non-hydrogen) atoms. The lowest BCUT2D eigenvalue weighted by Gasteiger charge is -2.15. The molecule has 1 aromatic heterocycles. The Kier molecular flexibility index (Phi) is 5.39. The van der Waals surface area contributed by atoms with Gasteiger partial charge in [0.2, 0.25) is 0 Å². The average molecular weight is 332 g/mol. The molecular formula is C16H17FN4O3. The molecular weight excluding hydrogens is 315 g/mol. The van der Waals surface area contributed by atoms with E-state index in [1.54, 1.807) is 13.2 Å². The van der Waals surface area contributed by atoms with Crippen molar-refractivity contribution in [3.05, 3.63) is 41.5 Å². The molecule has 1 aromatic carbocycles. The molecule has 7 nitrogen and oxygen atoms in total. The summed E-state index contributed by atoms with van der Waals surface area (Å²) in [5.74, 6) is -1.35. The molecule has 0 saturated heterocycles. The summed E-state index contributed by atoms with van der Waals surface area (Å²) in [6.45, 7) is 0.847. The van der Waals surface area contributed by atoms with E-state index in [1.165, 1.54) is 30.0 Å². The number of halogens is 1. The third kappa shape index (κ3) is 3.16. The van der Waals surface area contributed by atoms with Gasteiger partial charge in [0.25, 0.3) is 0 Å². The molecule has 0 amide bonds. The van der Waals surface area contributed by atoms with Gasteiger partial charge < -0.3 is 25.1 Å². The van der Waals surface area contributed by atoms with Crippen LogP contribution in [0.15, 0.2) is 24.4 Å². The van der Waals surface area contributed by atoms with Crippen LogP contribution in [0.25, 0.3) is 5.69 Å². The molecule has 126 valence electrons. The van der Waals surface area contributed by atoms with Crippen molar-refractivity contribution in [1.82, 2.24) is 4.57 Å². The summed E-state index contributed by atoms with van der Waals surface area (Å²) in [5.41, 5.74) is 6.24. The van der Waals surface area contributed by atoms with Crippen LogP contribution in [0.2, 0.25) is 0 Å². The number of nitrogen functional groups attached to an aromatic ring is 1. The van der Waals surface area contributed by atoms with Crippen molar-refractivity contribution in [2.45, 2.75) is 0 Å². The van der Waals surface area contributed by atoms with E-state index in [0.717, 1.165) is 0 Å². The lowest BCUT2D eigenvalue weighted by Crippen LogP contribution is -2.15. The Hall–Kier alpha value is -3.05. The predicted octanol–water partition coefficient (Wildman–Crippen LogP) is 1.92. The van der Waals surface area contributed by atoms with E-state index in [0.29, 0.717) is 18.8 Å². The van der Waals surface area contributed by atoms with Crippen molar-refractivity contribution in [3.8, 4) is 11.8 Å². The monoisotopic (exact) mass is 332 g/mol. The Bertz CT molecular complexity index is 795. The van der Waals surface area contributed by atoms with Gasteiger partial charge in [-0.05, 0) is 12.1 Å². The van der Waals surface area contributed by atoms with Crippen LogP contribution in [-0.2, 0) is 9.47 Å². The second-order valence-electron chi connectivity index (χ2n) is 4.83. The summed E-state index contributed by atoms with van der Waals surface area (Å²) in [6.07, 6.45) is 1.31. The molecule has 0 atom stereocenters. The highest BCUT2D eigenvalue weighted by Gasteiger charge is 2.24. The van der Waals surface area contributed by atoms with Crippen molar-refractivity contribution in [1.29, 1.82) is 5.26 Å². The number of rotatable bonds is 6. The Morgan fingerprint density at radius 2 is 2.21 bits per heavy atom. The molecule has 0 aliphatic carbocycles. The highest BCUT2D eigenvalue weighted by atomic mass is 19.1. The standard InChI is InChI=1S/C16H17FN4O3/c1-23-7-6-20-12-5-3-4-11(17)14(12)21-9-10(8-18)13(19)15(21)16(22)24-2/h3-5,9,20H,6-7,19H2,1-2H3. The van der Waals surface area contributed by atoms with Crippen LogP contribution in [0.1, 0.15) is 16.1 Å². The van der Waals surface area contributed by atoms with Gasteiger partial charge >= 0.3 is 5.97 Å². The van der Waals surface area contributed by atoms with Crippen LogP contribution < -0.4 is 11.1 Å². The number of aromatic nitrogens is 1. The summed E-state index contributed by atoms with van der Waals surface area (Å²) in [4.78, 5) is 12.0. The normalized spacial score (nSPS) is 10.2. The molecule has 2 rings (SSSR count). The number of methoxy groups -OCH3 is 2. The third-order valence-corrected chi connectivity index (χ3v) is 3.39. The fourth-order valence-corrected chi connectivity index (χ4v) is 2.28. The molecule has 8 heteroatoms. The van der Waals surface area contributed by atoms with Gasteiger partial charge in [-0.15, -0.1) is 0 Å². The van der Waals surface area contributed by atoms with Crippen LogP contribution in [0.3, 0.4) is 0 Å². The molecule has 1 heterocycles. The van der Waals surface area contributed by atoms with Crippen molar-refractivity contribution in [2.24, 2.45) is 0 Å². The summed E-state index contributed by atoms with van der Waals surface area (Å²) in [7, 11) is 2.74. The minimum absolute atomic E-state index is 0.0569. The molecule has 0 fully saturated rings. The zero-order valence-corrected chi connectivity index (χ0v) is 13.3. The highest BCUT2D eigenvalue weighted by molar-refractivity contribution is 5.96. The molecule has 0 bridgehead atoms. The van der Waals surface area contributed by atoms with Crippen molar-refractivity contribution in [3.63, 3.8) is 0 Å². The SMILES string of the molecule is COCCNc1cccc(F)c1-n1cc(C#N)c(N)c1C(=O)OC. The number of esters is 1. The quantitative estimate of drug-likeness (QED) is 0.619. The zero-order chi connectivity index (χ0) is 17.7. The van der Waals surface area contributed by atoms with E-state index in [4.69, 9.17) is 20.5 Å². The summed E-state index contributed by atoms with van der Waals surface area (Å²) >= 11 is 0. The van der Waals surface area contributed by atoms with E-state index in [2.05, 4.69) is 5.32 Å². The smallest absolute Gasteiger partial charge is 0.357 e. The second-order valence-corrected chi connectivity index (χ2v) is 4.83. The predicted molar refractivity (Wildman–Crippen MR) is 86.6 cm³/mol. The molecule has 0 radical (unpaired) electrons. The van der Waals surface area contributed by atoms with Gasteiger partial charge in [-0.1, -0.05) is 6.07 Å². The van der Waals surface area contributed by atoms with Crippen LogP contribution in [0.5, 0.6) is 0 Å². The molecule has 2 aromatic rings. The van der Waals surface area contributed by atoms with Gasteiger partial charge in [0.05, 0.1) is 30.7 Å². The fraction of sp³-hybridized carbons (Fsp3) is 0.250.